The number of methoxy groups -OCH3 is 1. The Kier molecular flexibility index (Phi) is 4.01. The summed E-state index contributed by atoms with van der Waals surface area (Å²) in [5, 5.41) is 12.9. The van der Waals surface area contributed by atoms with Gasteiger partial charge in [-0.25, -0.2) is 4.79 Å². The van der Waals surface area contributed by atoms with Crippen LogP contribution in [0, 0.1) is 0 Å². The monoisotopic (exact) mass is 267 g/mol. The molecule has 1 aromatic carbocycles. The summed E-state index contributed by atoms with van der Waals surface area (Å²) in [4.78, 5) is 11.0. The molecule has 0 spiro atoms. The molecule has 2 N–H and O–H groups in total. The van der Waals surface area contributed by atoms with E-state index in [2.05, 4.69) is 12.2 Å². The average molecular weight is 267 g/mol. The molecule has 1 saturated heterocycles. The third-order valence-corrected chi connectivity index (χ3v) is 4.49. The molecule has 4 nitrogen and oxygen atoms in total. The van der Waals surface area contributed by atoms with Gasteiger partial charge in [-0.15, -0.1) is 0 Å². The number of benzene rings is 1. The molecule has 0 saturated carbocycles. The highest BCUT2D eigenvalue weighted by Crippen LogP contribution is 2.32. The normalized spacial score (nSPS) is 22.8. The van der Waals surface area contributed by atoms with Crippen LogP contribution >= 0.6 is 11.8 Å². The minimum Gasteiger partial charge on any atom is -0.495 e. The lowest BCUT2D eigenvalue weighted by molar-refractivity contribution is 0.0697. The molecule has 0 amide bonds. The molecule has 1 heterocycles. The van der Waals surface area contributed by atoms with Gasteiger partial charge in [0.15, 0.2) is 0 Å². The first-order valence-corrected chi connectivity index (χ1v) is 6.96. The van der Waals surface area contributed by atoms with Crippen molar-refractivity contribution < 1.29 is 14.6 Å². The molecule has 1 aliphatic rings. The summed E-state index contributed by atoms with van der Waals surface area (Å²) in [6.07, 6.45) is 1.09. The van der Waals surface area contributed by atoms with Crippen molar-refractivity contribution in [3.05, 3.63) is 23.8 Å². The molecular formula is C13H17NO3S. The van der Waals surface area contributed by atoms with Gasteiger partial charge in [0.05, 0.1) is 18.4 Å². The van der Waals surface area contributed by atoms with E-state index in [0.29, 0.717) is 17.0 Å². The summed E-state index contributed by atoms with van der Waals surface area (Å²) in [6, 6.07) is 5.25. The van der Waals surface area contributed by atoms with Crippen LogP contribution in [0.4, 0.5) is 5.69 Å². The van der Waals surface area contributed by atoms with Gasteiger partial charge < -0.3 is 15.2 Å². The van der Waals surface area contributed by atoms with Crippen LogP contribution in [-0.4, -0.2) is 35.2 Å². The second kappa shape index (κ2) is 5.52. The molecule has 1 fully saturated rings. The van der Waals surface area contributed by atoms with Gasteiger partial charge in [0.1, 0.15) is 5.75 Å². The number of hydrogen-bond acceptors (Lipinski definition) is 4. The van der Waals surface area contributed by atoms with Crippen LogP contribution in [0.25, 0.3) is 0 Å². The zero-order valence-electron chi connectivity index (χ0n) is 10.5. The SMILES string of the molecule is COc1ccc(C(=O)O)cc1NC1CCSC1C. The first-order valence-electron chi connectivity index (χ1n) is 5.91. The topological polar surface area (TPSA) is 58.6 Å². The number of anilines is 1. The minimum atomic E-state index is -0.922. The number of ether oxygens (including phenoxy) is 1. The Balaban J connectivity index is 2.23. The van der Waals surface area contributed by atoms with E-state index in [9.17, 15) is 4.79 Å². The number of nitrogens with one attached hydrogen (secondary N) is 1. The lowest BCUT2D eigenvalue weighted by Crippen LogP contribution is -2.25. The Bertz CT molecular complexity index is 450. The van der Waals surface area contributed by atoms with E-state index in [4.69, 9.17) is 9.84 Å². The van der Waals surface area contributed by atoms with E-state index >= 15 is 0 Å². The van der Waals surface area contributed by atoms with Gasteiger partial charge in [0.2, 0.25) is 0 Å². The van der Waals surface area contributed by atoms with E-state index < -0.39 is 5.97 Å². The molecule has 5 heteroatoms. The Morgan fingerprint density at radius 1 is 1.56 bits per heavy atom. The molecule has 0 aromatic heterocycles. The zero-order valence-corrected chi connectivity index (χ0v) is 11.3. The molecule has 1 aliphatic heterocycles. The van der Waals surface area contributed by atoms with Crippen LogP contribution < -0.4 is 10.1 Å². The van der Waals surface area contributed by atoms with Crippen molar-refractivity contribution in [2.75, 3.05) is 18.2 Å². The van der Waals surface area contributed by atoms with Crippen molar-refractivity contribution in [1.29, 1.82) is 0 Å². The highest BCUT2D eigenvalue weighted by Gasteiger charge is 2.24. The Hall–Kier alpha value is -1.36. The second-order valence-corrected chi connectivity index (χ2v) is 5.82. The van der Waals surface area contributed by atoms with Gasteiger partial charge in [-0.3, -0.25) is 0 Å². The Labute approximate surface area is 111 Å². The quantitative estimate of drug-likeness (QED) is 0.878. The lowest BCUT2D eigenvalue weighted by atomic mass is 10.1. The van der Waals surface area contributed by atoms with E-state index in [0.717, 1.165) is 17.9 Å². The summed E-state index contributed by atoms with van der Waals surface area (Å²) in [6.45, 7) is 2.18. The molecule has 0 aliphatic carbocycles. The van der Waals surface area contributed by atoms with E-state index in [1.807, 2.05) is 11.8 Å². The second-order valence-electron chi connectivity index (χ2n) is 4.34. The highest BCUT2D eigenvalue weighted by molar-refractivity contribution is 8.00. The smallest absolute Gasteiger partial charge is 0.335 e. The molecule has 0 bridgehead atoms. The minimum absolute atomic E-state index is 0.275. The zero-order chi connectivity index (χ0) is 13.1. The molecule has 98 valence electrons. The fourth-order valence-corrected chi connectivity index (χ4v) is 3.27. The molecular weight excluding hydrogens is 250 g/mol. The van der Waals surface area contributed by atoms with Crippen LogP contribution in [-0.2, 0) is 0 Å². The van der Waals surface area contributed by atoms with Crippen molar-refractivity contribution in [2.24, 2.45) is 0 Å². The fourth-order valence-electron chi connectivity index (χ4n) is 2.07. The maximum atomic E-state index is 11.0. The number of carboxylic acid groups (broad SMARTS) is 1. The van der Waals surface area contributed by atoms with E-state index in [-0.39, 0.29) is 5.56 Å². The van der Waals surface area contributed by atoms with Crippen molar-refractivity contribution in [1.82, 2.24) is 0 Å². The van der Waals surface area contributed by atoms with Crippen LogP contribution in [0.5, 0.6) is 5.75 Å². The first kappa shape index (κ1) is 13.1. The number of carbonyl (C=O) groups is 1. The van der Waals surface area contributed by atoms with E-state index in [1.165, 1.54) is 0 Å². The lowest BCUT2D eigenvalue weighted by Gasteiger charge is -2.20. The van der Waals surface area contributed by atoms with Crippen molar-refractivity contribution in [3.63, 3.8) is 0 Å². The maximum Gasteiger partial charge on any atom is 0.335 e. The van der Waals surface area contributed by atoms with Crippen molar-refractivity contribution in [3.8, 4) is 5.75 Å². The largest absolute Gasteiger partial charge is 0.495 e. The standard InChI is InChI=1S/C13H17NO3S/c1-8-10(5-6-18-8)14-11-7-9(13(15)16)3-4-12(11)17-2/h3-4,7-8,10,14H,5-6H2,1-2H3,(H,15,16). The molecule has 18 heavy (non-hydrogen) atoms. The van der Waals surface area contributed by atoms with Crippen LogP contribution in [0.3, 0.4) is 0 Å². The van der Waals surface area contributed by atoms with Crippen molar-refractivity contribution in [2.45, 2.75) is 24.6 Å². The number of rotatable bonds is 4. The molecule has 0 radical (unpaired) electrons. The summed E-state index contributed by atoms with van der Waals surface area (Å²) in [5.41, 5.74) is 1.04. The third kappa shape index (κ3) is 2.72. The third-order valence-electron chi connectivity index (χ3n) is 3.16. The van der Waals surface area contributed by atoms with Crippen LogP contribution in [0.1, 0.15) is 23.7 Å². The van der Waals surface area contributed by atoms with Gasteiger partial charge >= 0.3 is 5.97 Å². The first-order chi connectivity index (χ1) is 8.61. The molecule has 2 rings (SSSR count). The van der Waals surface area contributed by atoms with Gasteiger partial charge in [0.25, 0.3) is 0 Å². The summed E-state index contributed by atoms with van der Waals surface area (Å²) < 4.78 is 5.26. The van der Waals surface area contributed by atoms with Gasteiger partial charge in [0, 0.05) is 11.3 Å². The molecule has 2 unspecified atom stereocenters. The predicted octanol–water partition coefficient (Wildman–Crippen LogP) is 2.70. The number of carboxylic acids is 1. The Morgan fingerprint density at radius 3 is 2.89 bits per heavy atom. The molecule has 1 aromatic rings. The van der Waals surface area contributed by atoms with Gasteiger partial charge in [-0.1, -0.05) is 6.92 Å². The highest BCUT2D eigenvalue weighted by atomic mass is 32.2. The summed E-state index contributed by atoms with van der Waals surface area (Å²) in [5.74, 6) is 0.901. The number of aromatic carboxylic acids is 1. The summed E-state index contributed by atoms with van der Waals surface area (Å²) in [7, 11) is 1.59. The summed E-state index contributed by atoms with van der Waals surface area (Å²) >= 11 is 1.93. The average Bonchev–Trinajstić information content (AvgIpc) is 2.75. The predicted molar refractivity (Wildman–Crippen MR) is 73.9 cm³/mol. The fraction of sp³-hybridized carbons (Fsp3) is 0.462. The maximum absolute atomic E-state index is 11.0. The molecule has 2 atom stereocenters. The van der Waals surface area contributed by atoms with Crippen LogP contribution in [0.2, 0.25) is 0 Å². The van der Waals surface area contributed by atoms with Crippen LogP contribution in [0.15, 0.2) is 18.2 Å². The van der Waals surface area contributed by atoms with Gasteiger partial charge in [-0.05, 0) is 30.4 Å². The number of hydrogen-bond donors (Lipinski definition) is 2. The van der Waals surface area contributed by atoms with Crippen molar-refractivity contribution >= 4 is 23.4 Å². The Morgan fingerprint density at radius 2 is 2.33 bits per heavy atom. The number of thioether (sulfide) groups is 1. The van der Waals surface area contributed by atoms with E-state index in [1.54, 1.807) is 25.3 Å². The van der Waals surface area contributed by atoms with Gasteiger partial charge in [-0.2, -0.15) is 11.8 Å².